The molecule has 2 aromatic carbocycles. The van der Waals surface area contributed by atoms with Gasteiger partial charge in [0.25, 0.3) is 0 Å². The summed E-state index contributed by atoms with van der Waals surface area (Å²) in [5, 5.41) is 10.9. The van der Waals surface area contributed by atoms with Crippen LogP contribution in [0.5, 0.6) is 0 Å². The molecule has 0 aliphatic heterocycles. The maximum atomic E-state index is 9.35. The highest BCUT2D eigenvalue weighted by atomic mass is 35.5. The molecule has 2 heterocycles. The van der Waals surface area contributed by atoms with Gasteiger partial charge in [-0.2, -0.15) is 5.26 Å². The molecule has 0 amide bonds. The number of aromatic nitrogens is 3. The Hall–Kier alpha value is -2.64. The Morgan fingerprint density at radius 3 is 2.75 bits per heavy atom. The average Bonchev–Trinajstić information content (AvgIpc) is 2.85. The van der Waals surface area contributed by atoms with Crippen LogP contribution in [0.3, 0.4) is 0 Å². The number of hydrogen-bond donors (Lipinski definition) is 0. The molecule has 0 aliphatic carbocycles. The van der Waals surface area contributed by atoms with Gasteiger partial charge in [-0.25, -0.2) is 9.97 Å². The number of rotatable bonds is 0. The molecule has 4 rings (SSSR count). The van der Waals surface area contributed by atoms with Crippen LogP contribution in [0.25, 0.3) is 27.6 Å². The molecule has 2 aromatic heterocycles. The minimum absolute atomic E-state index is 0.309. The zero-order valence-corrected chi connectivity index (χ0v) is 11.0. The normalized spacial score (nSPS) is 11.2. The molecule has 0 fully saturated rings. The van der Waals surface area contributed by atoms with E-state index in [0.717, 1.165) is 27.6 Å². The molecular formula is C15H7ClN4. The predicted octanol–water partition coefficient (Wildman–Crippen LogP) is 3.56. The Morgan fingerprint density at radius 1 is 1.05 bits per heavy atom. The fourth-order valence-corrected chi connectivity index (χ4v) is 2.61. The van der Waals surface area contributed by atoms with E-state index in [1.807, 2.05) is 30.3 Å². The standard InChI is InChI=1S/C15H7ClN4/c16-9-5-6-12-13(7-9)20-14(8-17)18-11-4-2-1-3-10(11)15(20)19-12/h1-7H. The summed E-state index contributed by atoms with van der Waals surface area (Å²) < 4.78 is 1.75. The van der Waals surface area contributed by atoms with Gasteiger partial charge < -0.3 is 0 Å². The van der Waals surface area contributed by atoms with Gasteiger partial charge in [0.1, 0.15) is 11.7 Å². The summed E-state index contributed by atoms with van der Waals surface area (Å²) in [7, 11) is 0. The highest BCUT2D eigenvalue weighted by Crippen LogP contribution is 2.26. The van der Waals surface area contributed by atoms with E-state index in [-0.39, 0.29) is 0 Å². The largest absolute Gasteiger partial charge is 0.267 e. The summed E-state index contributed by atoms with van der Waals surface area (Å²) >= 11 is 6.05. The van der Waals surface area contributed by atoms with Crippen LogP contribution in [-0.4, -0.2) is 14.4 Å². The van der Waals surface area contributed by atoms with E-state index in [4.69, 9.17) is 11.6 Å². The number of halogens is 1. The molecule has 4 nitrogen and oxygen atoms in total. The van der Waals surface area contributed by atoms with E-state index in [2.05, 4.69) is 16.0 Å². The molecule has 94 valence electrons. The molecule has 0 unspecified atom stereocenters. The van der Waals surface area contributed by atoms with E-state index in [9.17, 15) is 5.26 Å². The van der Waals surface area contributed by atoms with Crippen LogP contribution in [0.2, 0.25) is 5.02 Å². The smallest absolute Gasteiger partial charge is 0.219 e. The minimum atomic E-state index is 0.309. The van der Waals surface area contributed by atoms with Crippen molar-refractivity contribution in [2.24, 2.45) is 0 Å². The van der Waals surface area contributed by atoms with Crippen molar-refractivity contribution in [3.63, 3.8) is 0 Å². The van der Waals surface area contributed by atoms with Crippen molar-refractivity contribution in [1.29, 1.82) is 5.26 Å². The lowest BCUT2D eigenvalue weighted by molar-refractivity contribution is 1.10. The molecule has 0 bridgehead atoms. The molecule has 0 spiro atoms. The monoisotopic (exact) mass is 278 g/mol. The summed E-state index contributed by atoms with van der Waals surface area (Å²) in [6.45, 7) is 0. The van der Waals surface area contributed by atoms with Crippen molar-refractivity contribution < 1.29 is 0 Å². The Labute approximate surface area is 118 Å². The van der Waals surface area contributed by atoms with Crippen molar-refractivity contribution >= 4 is 39.2 Å². The highest BCUT2D eigenvalue weighted by Gasteiger charge is 2.13. The van der Waals surface area contributed by atoms with Gasteiger partial charge in [0.2, 0.25) is 5.82 Å². The highest BCUT2D eigenvalue weighted by molar-refractivity contribution is 6.31. The second kappa shape index (κ2) is 3.92. The van der Waals surface area contributed by atoms with Crippen molar-refractivity contribution in [3.05, 3.63) is 53.3 Å². The fraction of sp³-hybridized carbons (Fsp3) is 0. The molecule has 0 saturated carbocycles. The Kier molecular flexibility index (Phi) is 2.20. The van der Waals surface area contributed by atoms with Gasteiger partial charge in [-0.05, 0) is 30.3 Å². The number of nitrogens with zero attached hydrogens (tertiary/aromatic N) is 4. The Balaban J connectivity index is 2.36. The van der Waals surface area contributed by atoms with Crippen molar-refractivity contribution in [2.75, 3.05) is 0 Å². The van der Waals surface area contributed by atoms with Gasteiger partial charge in [0, 0.05) is 10.4 Å². The molecule has 5 heteroatoms. The van der Waals surface area contributed by atoms with Crippen molar-refractivity contribution in [2.45, 2.75) is 0 Å². The quantitative estimate of drug-likeness (QED) is 0.494. The molecule has 20 heavy (non-hydrogen) atoms. The third-order valence-corrected chi connectivity index (χ3v) is 3.53. The number of fused-ring (bicyclic) bond motifs is 5. The van der Waals surface area contributed by atoms with Gasteiger partial charge in [-0.1, -0.05) is 23.7 Å². The number of para-hydroxylation sites is 1. The second-order valence-electron chi connectivity index (χ2n) is 4.47. The SMILES string of the molecule is N#Cc1nc2ccccc2c2nc3ccc(Cl)cc3n12. The average molecular weight is 279 g/mol. The Bertz CT molecular complexity index is 1030. The molecule has 4 aromatic rings. The molecule has 0 atom stereocenters. The summed E-state index contributed by atoms with van der Waals surface area (Å²) in [5.41, 5.74) is 3.08. The summed E-state index contributed by atoms with van der Waals surface area (Å²) in [6.07, 6.45) is 0. The lowest BCUT2D eigenvalue weighted by Crippen LogP contribution is -1.97. The van der Waals surface area contributed by atoms with E-state index in [1.165, 1.54) is 0 Å². The summed E-state index contributed by atoms with van der Waals surface area (Å²) in [4.78, 5) is 9.00. The van der Waals surface area contributed by atoms with Gasteiger partial charge in [-0.3, -0.25) is 4.40 Å². The zero-order chi connectivity index (χ0) is 13.7. The molecule has 0 N–H and O–H groups in total. The summed E-state index contributed by atoms with van der Waals surface area (Å²) in [6, 6.07) is 15.2. The lowest BCUT2D eigenvalue weighted by atomic mass is 10.2. The van der Waals surface area contributed by atoms with Crippen LogP contribution in [0.1, 0.15) is 5.82 Å². The molecule has 0 saturated heterocycles. The first-order chi connectivity index (χ1) is 9.78. The minimum Gasteiger partial charge on any atom is -0.267 e. The number of hydrogen-bond acceptors (Lipinski definition) is 3. The maximum Gasteiger partial charge on any atom is 0.219 e. The fourth-order valence-electron chi connectivity index (χ4n) is 2.44. The molecular weight excluding hydrogens is 272 g/mol. The number of imidazole rings is 1. The lowest BCUT2D eigenvalue weighted by Gasteiger charge is -2.02. The van der Waals surface area contributed by atoms with E-state index < -0.39 is 0 Å². The van der Waals surface area contributed by atoms with E-state index in [1.54, 1.807) is 16.5 Å². The second-order valence-corrected chi connectivity index (χ2v) is 4.90. The van der Waals surface area contributed by atoms with Crippen LogP contribution >= 0.6 is 11.6 Å². The summed E-state index contributed by atoms with van der Waals surface area (Å²) in [5.74, 6) is 0.309. The number of benzene rings is 2. The first-order valence-electron chi connectivity index (χ1n) is 6.04. The van der Waals surface area contributed by atoms with Gasteiger partial charge in [0.05, 0.1) is 16.6 Å². The third kappa shape index (κ3) is 1.41. The van der Waals surface area contributed by atoms with Crippen LogP contribution < -0.4 is 0 Å². The topological polar surface area (TPSA) is 54.0 Å². The Morgan fingerprint density at radius 2 is 1.90 bits per heavy atom. The van der Waals surface area contributed by atoms with Gasteiger partial charge >= 0.3 is 0 Å². The number of nitriles is 1. The van der Waals surface area contributed by atoms with Crippen LogP contribution in [0.15, 0.2) is 42.5 Å². The van der Waals surface area contributed by atoms with Crippen LogP contribution in [0, 0.1) is 11.3 Å². The van der Waals surface area contributed by atoms with E-state index >= 15 is 0 Å². The van der Waals surface area contributed by atoms with Crippen LogP contribution in [-0.2, 0) is 0 Å². The molecule has 0 radical (unpaired) electrons. The van der Waals surface area contributed by atoms with Crippen molar-refractivity contribution in [3.8, 4) is 6.07 Å². The van der Waals surface area contributed by atoms with Crippen molar-refractivity contribution in [1.82, 2.24) is 14.4 Å². The zero-order valence-electron chi connectivity index (χ0n) is 10.2. The van der Waals surface area contributed by atoms with E-state index in [0.29, 0.717) is 10.8 Å². The predicted molar refractivity (Wildman–Crippen MR) is 77.7 cm³/mol. The first kappa shape index (κ1) is 11.2. The van der Waals surface area contributed by atoms with Gasteiger partial charge in [-0.15, -0.1) is 0 Å². The van der Waals surface area contributed by atoms with Crippen LogP contribution in [0.4, 0.5) is 0 Å². The maximum absolute atomic E-state index is 9.35. The first-order valence-corrected chi connectivity index (χ1v) is 6.42. The molecule has 0 aliphatic rings. The third-order valence-electron chi connectivity index (χ3n) is 3.30. The van der Waals surface area contributed by atoms with Gasteiger partial charge in [0.15, 0.2) is 0 Å².